The Morgan fingerprint density at radius 2 is 2.07 bits per heavy atom. The van der Waals surface area contributed by atoms with E-state index in [0.717, 1.165) is 24.0 Å². The molecule has 0 heterocycles. The number of hydrogen-bond acceptors (Lipinski definition) is 1. The summed E-state index contributed by atoms with van der Waals surface area (Å²) in [5.41, 5.74) is 4.78. The molecule has 2 nitrogen and oxygen atoms in total. The first-order valence-corrected chi connectivity index (χ1v) is 5.17. The third kappa shape index (κ3) is 1.94. The second-order valence-electron chi connectivity index (χ2n) is 3.96. The smallest absolute Gasteiger partial charge is 0.307 e. The van der Waals surface area contributed by atoms with Crippen LogP contribution in [0.2, 0.25) is 0 Å². The molecule has 0 fully saturated rings. The first-order chi connectivity index (χ1) is 7.18. The molecule has 1 N–H and O–H groups in total. The summed E-state index contributed by atoms with van der Waals surface area (Å²) in [5.74, 6) is -0.733. The highest BCUT2D eigenvalue weighted by Gasteiger charge is 2.16. The molecular formula is C13H14O2. The third-order valence-corrected chi connectivity index (χ3v) is 3.01. The van der Waals surface area contributed by atoms with E-state index in [9.17, 15) is 4.79 Å². The van der Waals surface area contributed by atoms with E-state index < -0.39 is 5.97 Å². The minimum atomic E-state index is -0.733. The molecule has 0 amide bonds. The third-order valence-electron chi connectivity index (χ3n) is 3.01. The van der Waals surface area contributed by atoms with Crippen molar-refractivity contribution in [2.45, 2.75) is 26.2 Å². The van der Waals surface area contributed by atoms with E-state index in [1.54, 1.807) is 0 Å². The number of benzene rings is 1. The van der Waals surface area contributed by atoms with Crippen molar-refractivity contribution in [3.05, 3.63) is 41.0 Å². The second-order valence-corrected chi connectivity index (χ2v) is 3.96. The fourth-order valence-corrected chi connectivity index (χ4v) is 2.17. The van der Waals surface area contributed by atoms with E-state index in [1.165, 1.54) is 11.1 Å². The lowest BCUT2D eigenvalue weighted by Gasteiger charge is -2.20. The number of carboxylic acid groups (broad SMARTS) is 1. The average Bonchev–Trinajstić information content (AvgIpc) is 2.22. The first-order valence-electron chi connectivity index (χ1n) is 5.17. The number of carboxylic acids is 1. The van der Waals surface area contributed by atoms with Crippen LogP contribution in [-0.2, 0) is 11.2 Å². The van der Waals surface area contributed by atoms with E-state index in [0.29, 0.717) is 0 Å². The molecule has 1 aromatic rings. The van der Waals surface area contributed by atoms with Crippen molar-refractivity contribution >= 4 is 11.5 Å². The Bertz CT molecular complexity index is 430. The fraction of sp³-hybridized carbons (Fsp3) is 0.308. The van der Waals surface area contributed by atoms with Crippen LogP contribution in [0.3, 0.4) is 0 Å². The monoisotopic (exact) mass is 202 g/mol. The number of hydrogen-bond donors (Lipinski definition) is 1. The van der Waals surface area contributed by atoms with E-state index in [-0.39, 0.29) is 6.42 Å². The van der Waals surface area contributed by atoms with Crippen LogP contribution < -0.4 is 0 Å². The van der Waals surface area contributed by atoms with Gasteiger partial charge in [0, 0.05) is 0 Å². The van der Waals surface area contributed by atoms with E-state index >= 15 is 0 Å². The normalized spacial score (nSPS) is 15.0. The summed E-state index contributed by atoms with van der Waals surface area (Å²) in [6, 6.07) is 8.24. The Morgan fingerprint density at radius 3 is 2.80 bits per heavy atom. The predicted octanol–water partition coefficient (Wildman–Crippen LogP) is 2.88. The van der Waals surface area contributed by atoms with Gasteiger partial charge in [-0.1, -0.05) is 29.8 Å². The molecule has 1 aliphatic rings. The van der Waals surface area contributed by atoms with Crippen molar-refractivity contribution in [2.24, 2.45) is 0 Å². The molecule has 0 atom stereocenters. The number of allylic oxidation sites excluding steroid dienone is 1. The van der Waals surface area contributed by atoms with Crippen molar-refractivity contribution < 1.29 is 9.90 Å². The summed E-state index contributed by atoms with van der Waals surface area (Å²) in [6.45, 7) is 2.02. The van der Waals surface area contributed by atoms with Crippen LogP contribution in [0.15, 0.2) is 29.8 Å². The van der Waals surface area contributed by atoms with Crippen LogP contribution in [0.25, 0.3) is 5.57 Å². The Morgan fingerprint density at radius 1 is 1.33 bits per heavy atom. The van der Waals surface area contributed by atoms with Gasteiger partial charge >= 0.3 is 5.97 Å². The molecule has 2 heteroatoms. The predicted molar refractivity (Wildman–Crippen MR) is 59.6 cm³/mol. The van der Waals surface area contributed by atoms with Crippen molar-refractivity contribution in [1.82, 2.24) is 0 Å². The van der Waals surface area contributed by atoms with Gasteiger partial charge in [0.2, 0.25) is 0 Å². The van der Waals surface area contributed by atoms with Crippen LogP contribution in [0.5, 0.6) is 0 Å². The minimum absolute atomic E-state index is 0.181. The minimum Gasteiger partial charge on any atom is -0.481 e. The molecule has 0 aliphatic heterocycles. The Hall–Kier alpha value is -1.57. The number of aryl methyl sites for hydroxylation is 1. The van der Waals surface area contributed by atoms with Gasteiger partial charge in [-0.05, 0) is 36.5 Å². The molecule has 0 bridgehead atoms. The van der Waals surface area contributed by atoms with Crippen LogP contribution in [0, 0.1) is 0 Å². The number of aliphatic carboxylic acids is 1. The summed E-state index contributed by atoms with van der Waals surface area (Å²) in [4.78, 5) is 10.7. The molecule has 15 heavy (non-hydrogen) atoms. The summed E-state index contributed by atoms with van der Waals surface area (Å²) in [5, 5.41) is 8.80. The van der Waals surface area contributed by atoms with Gasteiger partial charge in [-0.2, -0.15) is 0 Å². The zero-order valence-corrected chi connectivity index (χ0v) is 8.79. The first kappa shape index (κ1) is 9.97. The maximum Gasteiger partial charge on any atom is 0.307 e. The van der Waals surface area contributed by atoms with Crippen molar-refractivity contribution in [1.29, 1.82) is 0 Å². The van der Waals surface area contributed by atoms with E-state index in [1.807, 2.05) is 19.1 Å². The maximum atomic E-state index is 10.7. The zero-order valence-electron chi connectivity index (χ0n) is 8.79. The highest BCUT2D eigenvalue weighted by Crippen LogP contribution is 2.32. The molecule has 0 saturated carbocycles. The van der Waals surface area contributed by atoms with Crippen LogP contribution in [0.4, 0.5) is 0 Å². The van der Waals surface area contributed by atoms with E-state index in [2.05, 4.69) is 12.1 Å². The lowest BCUT2D eigenvalue weighted by molar-refractivity contribution is -0.136. The molecule has 2 rings (SSSR count). The van der Waals surface area contributed by atoms with Crippen molar-refractivity contribution in [3.63, 3.8) is 0 Å². The molecule has 0 unspecified atom stereocenters. The Labute approximate surface area is 89.2 Å². The maximum absolute atomic E-state index is 10.7. The molecule has 78 valence electrons. The highest BCUT2D eigenvalue weighted by atomic mass is 16.4. The summed E-state index contributed by atoms with van der Waals surface area (Å²) in [6.07, 6.45) is 2.03. The van der Waals surface area contributed by atoms with Gasteiger partial charge < -0.3 is 5.11 Å². The molecule has 0 spiro atoms. The Kier molecular flexibility index (Phi) is 2.58. The molecule has 1 aliphatic carbocycles. The standard InChI is InChI=1S/C13H14O2/c1-9-11(8-13(14)15)7-6-10-4-2-3-5-12(9)10/h2-5H,6-8H2,1H3,(H,14,15). The number of fused-ring (bicyclic) bond motifs is 1. The summed E-state index contributed by atoms with van der Waals surface area (Å²) < 4.78 is 0. The number of rotatable bonds is 2. The van der Waals surface area contributed by atoms with Crippen molar-refractivity contribution in [2.75, 3.05) is 0 Å². The van der Waals surface area contributed by atoms with Crippen LogP contribution in [-0.4, -0.2) is 11.1 Å². The second kappa shape index (κ2) is 3.89. The highest BCUT2D eigenvalue weighted by molar-refractivity contribution is 5.78. The van der Waals surface area contributed by atoms with Gasteiger partial charge in [0.15, 0.2) is 0 Å². The van der Waals surface area contributed by atoms with Gasteiger partial charge in [-0.3, -0.25) is 4.79 Å². The van der Waals surface area contributed by atoms with Gasteiger partial charge in [0.25, 0.3) is 0 Å². The van der Waals surface area contributed by atoms with Gasteiger partial charge in [-0.25, -0.2) is 0 Å². The van der Waals surface area contributed by atoms with E-state index in [4.69, 9.17) is 5.11 Å². The topological polar surface area (TPSA) is 37.3 Å². The molecule has 0 aromatic heterocycles. The van der Waals surface area contributed by atoms with Gasteiger partial charge in [0.1, 0.15) is 0 Å². The number of carbonyl (C=O) groups is 1. The molecule has 0 radical (unpaired) electrons. The average molecular weight is 202 g/mol. The quantitative estimate of drug-likeness (QED) is 0.800. The molecular weight excluding hydrogens is 188 g/mol. The van der Waals surface area contributed by atoms with Crippen LogP contribution >= 0.6 is 0 Å². The lowest BCUT2D eigenvalue weighted by Crippen LogP contribution is -2.07. The SMILES string of the molecule is CC1=C(CC(=O)O)CCc2ccccc21. The Balaban J connectivity index is 2.40. The van der Waals surface area contributed by atoms with Crippen molar-refractivity contribution in [3.8, 4) is 0 Å². The largest absolute Gasteiger partial charge is 0.481 e. The fourth-order valence-electron chi connectivity index (χ4n) is 2.17. The van der Waals surface area contributed by atoms with Gasteiger partial charge in [-0.15, -0.1) is 0 Å². The zero-order chi connectivity index (χ0) is 10.8. The summed E-state index contributed by atoms with van der Waals surface area (Å²) >= 11 is 0. The molecule has 0 saturated heterocycles. The van der Waals surface area contributed by atoms with Crippen LogP contribution in [0.1, 0.15) is 30.9 Å². The lowest BCUT2D eigenvalue weighted by atomic mass is 9.85. The molecule has 1 aromatic carbocycles. The summed E-state index contributed by atoms with van der Waals surface area (Å²) in [7, 11) is 0. The van der Waals surface area contributed by atoms with Gasteiger partial charge in [0.05, 0.1) is 6.42 Å².